The first-order chi connectivity index (χ1) is 12.9. The van der Waals surface area contributed by atoms with E-state index in [1.165, 1.54) is 0 Å². The van der Waals surface area contributed by atoms with Crippen LogP contribution in [0.2, 0.25) is 5.02 Å². The van der Waals surface area contributed by atoms with Gasteiger partial charge in [-0.25, -0.2) is 13.1 Å². The van der Waals surface area contributed by atoms with Gasteiger partial charge < -0.3 is 5.73 Å². The summed E-state index contributed by atoms with van der Waals surface area (Å²) in [5.41, 5.74) is 8.74. The summed E-state index contributed by atoms with van der Waals surface area (Å²) in [6.07, 6.45) is 0. The van der Waals surface area contributed by atoms with E-state index in [1.807, 2.05) is 60.7 Å². The average molecular weight is 401 g/mol. The molecule has 6 heteroatoms. The molecule has 0 saturated heterocycles. The Hall–Kier alpha value is -2.18. The Kier molecular flexibility index (Phi) is 6.29. The molecule has 0 heterocycles. The van der Waals surface area contributed by atoms with Crippen LogP contribution >= 0.6 is 11.6 Å². The summed E-state index contributed by atoms with van der Waals surface area (Å²) in [4.78, 5) is 0. The van der Waals surface area contributed by atoms with Gasteiger partial charge in [-0.2, -0.15) is 0 Å². The number of halogens is 1. The van der Waals surface area contributed by atoms with Gasteiger partial charge in [-0.1, -0.05) is 84.4 Å². The fourth-order valence-electron chi connectivity index (χ4n) is 2.96. The van der Waals surface area contributed by atoms with Crippen molar-refractivity contribution in [2.24, 2.45) is 5.73 Å². The van der Waals surface area contributed by atoms with E-state index in [1.54, 1.807) is 24.3 Å². The highest BCUT2D eigenvalue weighted by Gasteiger charge is 2.26. The molecule has 0 aromatic heterocycles. The molecule has 0 radical (unpaired) electrons. The first kappa shape index (κ1) is 19.6. The molecule has 3 aromatic carbocycles. The Balaban J connectivity index is 1.89. The van der Waals surface area contributed by atoms with Crippen LogP contribution in [0, 0.1) is 0 Å². The van der Waals surface area contributed by atoms with Crippen molar-refractivity contribution in [3.8, 4) is 0 Å². The molecular formula is C21H21ClN2O2S. The van der Waals surface area contributed by atoms with Gasteiger partial charge in [0.2, 0.25) is 10.0 Å². The standard InChI is InChI=1S/C21H21ClN2O2S/c22-19-13-7-8-16(14-19)15-27(25,26)24-21(18-11-5-2-6-12-18)20(23)17-9-3-1-4-10-17/h1-14,20-21,24H,15,23H2. The maximum atomic E-state index is 12.8. The molecule has 3 rings (SSSR count). The quantitative estimate of drug-likeness (QED) is 0.624. The van der Waals surface area contributed by atoms with Gasteiger partial charge in [0, 0.05) is 5.02 Å². The van der Waals surface area contributed by atoms with E-state index in [4.69, 9.17) is 17.3 Å². The summed E-state index contributed by atoms with van der Waals surface area (Å²) in [7, 11) is -3.64. The van der Waals surface area contributed by atoms with E-state index in [0.717, 1.165) is 11.1 Å². The maximum Gasteiger partial charge on any atom is 0.216 e. The number of sulfonamides is 1. The van der Waals surface area contributed by atoms with E-state index in [2.05, 4.69) is 4.72 Å². The molecule has 0 bridgehead atoms. The van der Waals surface area contributed by atoms with Gasteiger partial charge >= 0.3 is 0 Å². The smallest absolute Gasteiger partial charge is 0.216 e. The monoisotopic (exact) mass is 400 g/mol. The molecule has 27 heavy (non-hydrogen) atoms. The van der Waals surface area contributed by atoms with E-state index >= 15 is 0 Å². The Morgan fingerprint density at radius 2 is 1.44 bits per heavy atom. The van der Waals surface area contributed by atoms with Crippen molar-refractivity contribution >= 4 is 21.6 Å². The molecule has 2 atom stereocenters. The highest BCUT2D eigenvalue weighted by Crippen LogP contribution is 2.28. The lowest BCUT2D eigenvalue weighted by molar-refractivity contribution is 0.503. The molecule has 140 valence electrons. The molecule has 0 fully saturated rings. The van der Waals surface area contributed by atoms with Crippen LogP contribution < -0.4 is 10.5 Å². The van der Waals surface area contributed by atoms with Crippen molar-refractivity contribution in [1.82, 2.24) is 4.72 Å². The fraction of sp³-hybridized carbons (Fsp3) is 0.143. The van der Waals surface area contributed by atoms with Gasteiger partial charge in [0.15, 0.2) is 0 Å². The van der Waals surface area contributed by atoms with E-state index < -0.39 is 22.1 Å². The van der Waals surface area contributed by atoms with Crippen molar-refractivity contribution in [2.75, 3.05) is 0 Å². The molecule has 0 amide bonds. The summed E-state index contributed by atoms with van der Waals surface area (Å²) in [6.45, 7) is 0. The van der Waals surface area contributed by atoms with Gasteiger partial charge in [0.25, 0.3) is 0 Å². The third-order valence-electron chi connectivity index (χ3n) is 4.25. The average Bonchev–Trinajstić information content (AvgIpc) is 2.67. The number of hydrogen-bond donors (Lipinski definition) is 2. The lowest BCUT2D eigenvalue weighted by atomic mass is 9.95. The molecule has 0 aliphatic rings. The first-order valence-corrected chi connectivity index (χ1v) is 10.6. The fourth-order valence-corrected chi connectivity index (χ4v) is 4.54. The van der Waals surface area contributed by atoms with E-state index in [0.29, 0.717) is 10.6 Å². The van der Waals surface area contributed by atoms with E-state index in [9.17, 15) is 8.42 Å². The number of benzene rings is 3. The second-order valence-corrected chi connectivity index (χ2v) is 8.52. The minimum absolute atomic E-state index is 0.168. The Labute approximate surface area is 165 Å². The zero-order valence-corrected chi connectivity index (χ0v) is 16.2. The van der Waals surface area contributed by atoms with Crippen LogP contribution in [-0.2, 0) is 15.8 Å². The normalized spacial score (nSPS) is 13.9. The van der Waals surface area contributed by atoms with Crippen molar-refractivity contribution in [3.05, 3.63) is 107 Å². The predicted octanol–water partition coefficient (Wildman–Crippen LogP) is 4.20. The van der Waals surface area contributed by atoms with Crippen molar-refractivity contribution in [2.45, 2.75) is 17.8 Å². The zero-order valence-electron chi connectivity index (χ0n) is 14.6. The van der Waals surface area contributed by atoms with Gasteiger partial charge in [0.05, 0.1) is 17.8 Å². The molecule has 0 saturated carbocycles. The molecule has 3 aromatic rings. The SMILES string of the molecule is NC(c1ccccc1)C(NS(=O)(=O)Cc1cccc(Cl)c1)c1ccccc1. The maximum absolute atomic E-state index is 12.8. The number of rotatable bonds is 7. The zero-order chi connectivity index (χ0) is 19.3. The highest BCUT2D eigenvalue weighted by atomic mass is 35.5. The Morgan fingerprint density at radius 3 is 2.04 bits per heavy atom. The summed E-state index contributed by atoms with van der Waals surface area (Å²) >= 11 is 5.97. The van der Waals surface area contributed by atoms with Crippen molar-refractivity contribution < 1.29 is 8.42 Å². The minimum Gasteiger partial charge on any atom is -0.322 e. The van der Waals surface area contributed by atoms with Crippen LogP contribution in [0.1, 0.15) is 28.8 Å². The number of hydrogen-bond acceptors (Lipinski definition) is 3. The third-order valence-corrected chi connectivity index (χ3v) is 5.82. The molecule has 0 aliphatic carbocycles. The van der Waals surface area contributed by atoms with E-state index in [-0.39, 0.29) is 5.75 Å². The second kappa shape index (κ2) is 8.67. The molecule has 0 spiro atoms. The second-order valence-electron chi connectivity index (χ2n) is 6.33. The van der Waals surface area contributed by atoms with Crippen LogP contribution in [0.3, 0.4) is 0 Å². The summed E-state index contributed by atoms with van der Waals surface area (Å²) in [5, 5.41) is 0.503. The van der Waals surface area contributed by atoms with Crippen LogP contribution in [0.4, 0.5) is 0 Å². The van der Waals surface area contributed by atoms with Crippen LogP contribution in [0.5, 0.6) is 0 Å². The molecule has 0 aliphatic heterocycles. The lowest BCUT2D eigenvalue weighted by Gasteiger charge is -2.26. The van der Waals surface area contributed by atoms with Gasteiger partial charge in [-0.05, 0) is 28.8 Å². The van der Waals surface area contributed by atoms with Crippen LogP contribution in [0.15, 0.2) is 84.9 Å². The Morgan fingerprint density at radius 1 is 0.852 bits per heavy atom. The minimum atomic E-state index is -3.64. The lowest BCUT2D eigenvalue weighted by Crippen LogP contribution is -2.36. The Bertz CT molecular complexity index is 979. The van der Waals surface area contributed by atoms with Gasteiger partial charge in [-0.15, -0.1) is 0 Å². The summed E-state index contributed by atoms with van der Waals surface area (Å²) < 4.78 is 28.4. The summed E-state index contributed by atoms with van der Waals surface area (Å²) in [6, 6.07) is 24.5. The molecule has 2 unspecified atom stereocenters. The topological polar surface area (TPSA) is 72.2 Å². The van der Waals surface area contributed by atoms with Gasteiger partial charge in [0.1, 0.15) is 0 Å². The third kappa shape index (κ3) is 5.40. The van der Waals surface area contributed by atoms with Crippen molar-refractivity contribution in [1.29, 1.82) is 0 Å². The molecule has 3 N–H and O–H groups in total. The summed E-state index contributed by atoms with van der Waals surface area (Å²) in [5.74, 6) is -0.168. The number of nitrogens with two attached hydrogens (primary N) is 1. The van der Waals surface area contributed by atoms with Gasteiger partial charge in [-0.3, -0.25) is 0 Å². The number of nitrogens with one attached hydrogen (secondary N) is 1. The first-order valence-electron chi connectivity index (χ1n) is 8.54. The largest absolute Gasteiger partial charge is 0.322 e. The molecular weight excluding hydrogens is 380 g/mol. The van der Waals surface area contributed by atoms with Crippen LogP contribution in [-0.4, -0.2) is 8.42 Å². The highest BCUT2D eigenvalue weighted by molar-refractivity contribution is 7.88. The molecule has 4 nitrogen and oxygen atoms in total. The predicted molar refractivity (Wildman–Crippen MR) is 110 cm³/mol. The van der Waals surface area contributed by atoms with Crippen LogP contribution in [0.25, 0.3) is 0 Å². The van der Waals surface area contributed by atoms with Crippen molar-refractivity contribution in [3.63, 3.8) is 0 Å².